The molecule has 0 aromatic carbocycles. The van der Waals surface area contributed by atoms with Crippen molar-refractivity contribution in [3.63, 3.8) is 0 Å². The van der Waals surface area contributed by atoms with E-state index in [0.717, 1.165) is 6.54 Å². The van der Waals surface area contributed by atoms with E-state index in [4.69, 9.17) is 4.74 Å². The summed E-state index contributed by atoms with van der Waals surface area (Å²) in [7, 11) is 0. The molecule has 2 saturated heterocycles. The highest BCUT2D eigenvalue weighted by Gasteiger charge is 2.35. The summed E-state index contributed by atoms with van der Waals surface area (Å²) in [6, 6.07) is -0.346. The normalized spacial score (nSPS) is 29.9. The van der Waals surface area contributed by atoms with E-state index in [0.29, 0.717) is 32.7 Å². The van der Waals surface area contributed by atoms with Crippen LogP contribution < -0.4 is 10.6 Å². The maximum absolute atomic E-state index is 12.2. The monoisotopic (exact) mass is 241 g/mol. The first-order chi connectivity index (χ1) is 8.24. The highest BCUT2D eigenvalue weighted by Crippen LogP contribution is 2.12. The lowest BCUT2D eigenvalue weighted by Gasteiger charge is -2.37. The van der Waals surface area contributed by atoms with E-state index in [1.165, 1.54) is 0 Å². The van der Waals surface area contributed by atoms with Gasteiger partial charge in [0.05, 0.1) is 6.61 Å². The summed E-state index contributed by atoms with van der Waals surface area (Å²) < 4.78 is 5.44. The van der Waals surface area contributed by atoms with Gasteiger partial charge in [0.15, 0.2) is 0 Å². The van der Waals surface area contributed by atoms with E-state index in [1.807, 2.05) is 6.92 Å². The molecule has 6 nitrogen and oxygen atoms in total. The fraction of sp³-hybridized carbons (Fsp3) is 0.818. The minimum absolute atomic E-state index is 0.0594. The number of carbonyl (C=O) groups excluding carboxylic acids is 2. The minimum atomic E-state index is -0.441. The van der Waals surface area contributed by atoms with E-state index < -0.39 is 6.10 Å². The summed E-state index contributed by atoms with van der Waals surface area (Å²) in [6.45, 7) is 4.88. The molecule has 0 aromatic heterocycles. The van der Waals surface area contributed by atoms with Crippen molar-refractivity contribution < 1.29 is 14.3 Å². The highest BCUT2D eigenvalue weighted by molar-refractivity contribution is 5.90. The largest absolute Gasteiger partial charge is 0.366 e. The Morgan fingerprint density at radius 2 is 2.35 bits per heavy atom. The molecule has 2 fully saturated rings. The maximum atomic E-state index is 12.2. The second kappa shape index (κ2) is 5.46. The van der Waals surface area contributed by atoms with Crippen molar-refractivity contribution in [1.82, 2.24) is 15.5 Å². The second-order valence-corrected chi connectivity index (χ2v) is 4.31. The van der Waals surface area contributed by atoms with E-state index in [-0.39, 0.29) is 17.9 Å². The molecular formula is C11H19N3O3. The Bertz CT molecular complexity index is 302. The third kappa shape index (κ3) is 2.58. The summed E-state index contributed by atoms with van der Waals surface area (Å²) in [5.74, 6) is -0.130. The molecule has 2 aliphatic heterocycles. The van der Waals surface area contributed by atoms with Gasteiger partial charge in [-0.15, -0.1) is 0 Å². The van der Waals surface area contributed by atoms with Gasteiger partial charge in [0.1, 0.15) is 12.1 Å². The Balaban J connectivity index is 2.03. The topological polar surface area (TPSA) is 70.7 Å². The standard InChI is InChI=1S/C11H19N3O3/c1-2-8-10(15)13-3-5-14(8)11(16)9-7-12-4-6-17-9/h8-9,12H,2-7H2,1H3,(H,13,15)/t8-,9+/m0/s1. The molecule has 17 heavy (non-hydrogen) atoms. The van der Waals surface area contributed by atoms with Crippen molar-refractivity contribution in [2.45, 2.75) is 25.5 Å². The molecule has 96 valence electrons. The average Bonchev–Trinajstić information content (AvgIpc) is 2.38. The Morgan fingerprint density at radius 3 is 3.00 bits per heavy atom. The molecular weight excluding hydrogens is 222 g/mol. The molecule has 0 unspecified atom stereocenters. The van der Waals surface area contributed by atoms with Crippen LogP contribution in [0.3, 0.4) is 0 Å². The molecule has 6 heteroatoms. The van der Waals surface area contributed by atoms with Gasteiger partial charge in [-0.05, 0) is 6.42 Å². The number of rotatable bonds is 2. The van der Waals surface area contributed by atoms with Gasteiger partial charge in [-0.3, -0.25) is 9.59 Å². The van der Waals surface area contributed by atoms with E-state index in [2.05, 4.69) is 10.6 Å². The smallest absolute Gasteiger partial charge is 0.253 e. The summed E-state index contributed by atoms with van der Waals surface area (Å²) in [6.07, 6.45) is 0.196. The Kier molecular flexibility index (Phi) is 3.96. The molecule has 2 amide bonds. The van der Waals surface area contributed by atoms with Crippen LogP contribution in [-0.4, -0.2) is 61.6 Å². The Morgan fingerprint density at radius 1 is 1.53 bits per heavy atom. The third-order valence-electron chi connectivity index (χ3n) is 3.20. The number of amides is 2. The number of piperazine rings is 1. The lowest BCUT2D eigenvalue weighted by molar-refractivity contribution is -0.153. The molecule has 0 bridgehead atoms. The van der Waals surface area contributed by atoms with Crippen molar-refractivity contribution in [3.05, 3.63) is 0 Å². The number of morpholine rings is 1. The minimum Gasteiger partial charge on any atom is -0.366 e. The number of hydrogen-bond donors (Lipinski definition) is 2. The summed E-state index contributed by atoms with van der Waals surface area (Å²) in [5.41, 5.74) is 0. The summed E-state index contributed by atoms with van der Waals surface area (Å²) in [4.78, 5) is 25.6. The van der Waals surface area contributed by atoms with E-state index in [1.54, 1.807) is 4.90 Å². The summed E-state index contributed by atoms with van der Waals surface area (Å²) in [5, 5.41) is 5.91. The molecule has 0 aromatic rings. The zero-order chi connectivity index (χ0) is 12.3. The molecule has 0 saturated carbocycles. The van der Waals surface area contributed by atoms with Crippen LogP contribution in [0.1, 0.15) is 13.3 Å². The third-order valence-corrected chi connectivity index (χ3v) is 3.20. The van der Waals surface area contributed by atoms with Crippen LogP contribution in [-0.2, 0) is 14.3 Å². The highest BCUT2D eigenvalue weighted by atomic mass is 16.5. The van der Waals surface area contributed by atoms with Crippen molar-refractivity contribution in [1.29, 1.82) is 0 Å². The van der Waals surface area contributed by atoms with E-state index in [9.17, 15) is 9.59 Å². The van der Waals surface area contributed by atoms with Gasteiger partial charge < -0.3 is 20.3 Å². The number of nitrogens with one attached hydrogen (secondary N) is 2. The second-order valence-electron chi connectivity index (χ2n) is 4.31. The lowest BCUT2D eigenvalue weighted by Crippen LogP contribution is -2.60. The van der Waals surface area contributed by atoms with Crippen LogP contribution in [0.5, 0.6) is 0 Å². The molecule has 2 rings (SSSR count). The van der Waals surface area contributed by atoms with Gasteiger partial charge in [0.25, 0.3) is 5.91 Å². The van der Waals surface area contributed by atoms with Crippen LogP contribution in [0.4, 0.5) is 0 Å². The molecule has 0 spiro atoms. The van der Waals surface area contributed by atoms with Crippen molar-refractivity contribution in [2.75, 3.05) is 32.8 Å². The zero-order valence-corrected chi connectivity index (χ0v) is 10.1. The van der Waals surface area contributed by atoms with Crippen molar-refractivity contribution >= 4 is 11.8 Å². The molecule has 2 aliphatic rings. The van der Waals surface area contributed by atoms with Gasteiger partial charge >= 0.3 is 0 Å². The molecule has 2 atom stereocenters. The number of hydrogen-bond acceptors (Lipinski definition) is 4. The van der Waals surface area contributed by atoms with Gasteiger partial charge in [-0.25, -0.2) is 0 Å². The maximum Gasteiger partial charge on any atom is 0.253 e. The predicted molar refractivity (Wildman–Crippen MR) is 61.4 cm³/mol. The fourth-order valence-corrected chi connectivity index (χ4v) is 2.29. The molecule has 0 radical (unpaired) electrons. The van der Waals surface area contributed by atoms with Crippen molar-refractivity contribution in [2.24, 2.45) is 0 Å². The lowest BCUT2D eigenvalue weighted by atomic mass is 10.1. The van der Waals surface area contributed by atoms with Crippen LogP contribution in [0.15, 0.2) is 0 Å². The van der Waals surface area contributed by atoms with Gasteiger partial charge in [0.2, 0.25) is 5.91 Å². The molecule has 0 aliphatic carbocycles. The number of ether oxygens (including phenoxy) is 1. The van der Waals surface area contributed by atoms with Gasteiger partial charge in [-0.1, -0.05) is 6.92 Å². The van der Waals surface area contributed by atoms with Gasteiger partial charge in [0, 0.05) is 26.2 Å². The first kappa shape index (κ1) is 12.3. The van der Waals surface area contributed by atoms with Gasteiger partial charge in [-0.2, -0.15) is 0 Å². The number of carbonyl (C=O) groups is 2. The summed E-state index contributed by atoms with van der Waals surface area (Å²) >= 11 is 0. The zero-order valence-electron chi connectivity index (χ0n) is 10.1. The molecule has 2 N–H and O–H groups in total. The quantitative estimate of drug-likeness (QED) is 0.631. The average molecular weight is 241 g/mol. The Labute approximate surface area is 101 Å². The SMILES string of the molecule is CC[C@H]1C(=O)NCCN1C(=O)[C@H]1CNCCO1. The predicted octanol–water partition coefficient (Wildman–Crippen LogP) is -1.29. The fourth-order valence-electron chi connectivity index (χ4n) is 2.29. The molecule has 2 heterocycles. The van der Waals surface area contributed by atoms with Crippen LogP contribution in [0, 0.1) is 0 Å². The van der Waals surface area contributed by atoms with E-state index >= 15 is 0 Å². The Hall–Kier alpha value is -1.14. The first-order valence-electron chi connectivity index (χ1n) is 6.14. The number of nitrogens with zero attached hydrogens (tertiary/aromatic N) is 1. The van der Waals surface area contributed by atoms with Crippen molar-refractivity contribution in [3.8, 4) is 0 Å². The first-order valence-corrected chi connectivity index (χ1v) is 6.14. The van der Waals surface area contributed by atoms with Crippen LogP contribution in [0.25, 0.3) is 0 Å². The van der Waals surface area contributed by atoms with Crippen LogP contribution in [0.2, 0.25) is 0 Å². The van der Waals surface area contributed by atoms with Crippen LogP contribution >= 0.6 is 0 Å².